The molecule has 3 nitrogen and oxygen atoms in total. The molecular formula is C39H66Br2N2O. The van der Waals surface area contributed by atoms with E-state index in [2.05, 4.69) is 90.1 Å². The molecule has 0 N–H and O–H groups in total. The van der Waals surface area contributed by atoms with Crippen molar-refractivity contribution in [2.24, 2.45) is 0 Å². The van der Waals surface area contributed by atoms with Gasteiger partial charge in [-0.15, -0.1) is 0 Å². The van der Waals surface area contributed by atoms with Gasteiger partial charge in [0.1, 0.15) is 13.1 Å². The Kier molecular flexibility index (Phi) is 23.6. The molecule has 0 heterocycles. The second kappa shape index (κ2) is 24.2. The van der Waals surface area contributed by atoms with Crippen LogP contribution in [0.2, 0.25) is 0 Å². The Hall–Kier alpha value is -1.01. The highest BCUT2D eigenvalue weighted by Gasteiger charge is 2.28. The van der Waals surface area contributed by atoms with E-state index in [1.54, 1.807) is 0 Å². The van der Waals surface area contributed by atoms with Crippen LogP contribution >= 0.6 is 0 Å². The van der Waals surface area contributed by atoms with Gasteiger partial charge in [-0.05, 0) is 38.5 Å². The summed E-state index contributed by atoms with van der Waals surface area (Å²) < 4.78 is 2.39. The van der Waals surface area contributed by atoms with E-state index in [0.29, 0.717) is 0 Å². The maximum Gasteiger partial charge on any atom is 0.193 e. The van der Waals surface area contributed by atoms with Crippen LogP contribution in [0.25, 0.3) is 0 Å². The highest BCUT2D eigenvalue weighted by atomic mass is 79.9. The van der Waals surface area contributed by atoms with Crippen molar-refractivity contribution < 1.29 is 47.7 Å². The van der Waals surface area contributed by atoms with Crippen molar-refractivity contribution in [3.8, 4) is 0 Å². The predicted octanol–water partition coefficient (Wildman–Crippen LogP) is 4.36. The van der Waals surface area contributed by atoms with Crippen LogP contribution in [0.15, 0.2) is 48.5 Å². The highest BCUT2D eigenvalue weighted by Crippen LogP contribution is 2.23. The van der Waals surface area contributed by atoms with Crippen molar-refractivity contribution in [1.82, 2.24) is 0 Å². The number of unbranched alkanes of at least 4 members (excludes halogenated alkanes) is 6. The molecule has 0 aromatic heterocycles. The summed E-state index contributed by atoms with van der Waals surface area (Å²) in [6.45, 7) is 23.6. The minimum absolute atomic E-state index is 0. The van der Waals surface area contributed by atoms with Crippen LogP contribution in [-0.2, 0) is 13.1 Å². The van der Waals surface area contributed by atoms with Gasteiger partial charge in [0, 0.05) is 22.3 Å². The third-order valence-corrected chi connectivity index (χ3v) is 9.38. The van der Waals surface area contributed by atoms with E-state index in [1.165, 1.54) is 136 Å². The van der Waals surface area contributed by atoms with Crippen LogP contribution in [-0.4, -0.2) is 54.0 Å². The van der Waals surface area contributed by atoms with Gasteiger partial charge in [0.2, 0.25) is 0 Å². The summed E-state index contributed by atoms with van der Waals surface area (Å²) in [6, 6.07) is 17.2. The molecule has 0 aliphatic carbocycles. The van der Waals surface area contributed by atoms with Gasteiger partial charge in [-0.25, -0.2) is 0 Å². The van der Waals surface area contributed by atoms with Crippen molar-refractivity contribution in [2.75, 3.05) is 39.3 Å². The standard InChI is InChI=1S/C39H66N2O.2BrH/c1-7-13-27-40(28-14-8-2,29-15-9-3)33-35-19-23-37(24-20-35)39(42)38-25-21-36(22-26-38)34-41(30-16-10-4,31-17-11-5)32-18-12-6;;/h19-26H,7-18,27-34H2,1-6H3;2*1H/q+2;;/p-2. The fourth-order valence-electron chi connectivity index (χ4n) is 6.57. The second-order valence-electron chi connectivity index (χ2n) is 13.2. The molecule has 2 aromatic carbocycles. The Morgan fingerprint density at radius 1 is 0.432 bits per heavy atom. The lowest BCUT2D eigenvalue weighted by molar-refractivity contribution is -0.941. The van der Waals surface area contributed by atoms with Crippen molar-refractivity contribution in [3.05, 3.63) is 70.8 Å². The molecule has 252 valence electrons. The number of benzene rings is 2. The molecule has 44 heavy (non-hydrogen) atoms. The maximum absolute atomic E-state index is 13.5. The molecule has 0 amide bonds. The SMILES string of the molecule is CCCC[N+](CCCC)(CCCC)Cc1ccc(C(=O)c2ccc(C[N+](CCCC)(CCCC)CCCC)cc2)cc1.[Br-].[Br-]. The summed E-state index contributed by atoms with van der Waals surface area (Å²) in [4.78, 5) is 13.5. The molecular weight excluding hydrogens is 672 g/mol. The molecule has 0 radical (unpaired) electrons. The van der Waals surface area contributed by atoms with Crippen LogP contribution in [0.3, 0.4) is 0 Å². The van der Waals surface area contributed by atoms with Gasteiger partial charge in [-0.2, -0.15) is 0 Å². The molecule has 0 aliphatic rings. The van der Waals surface area contributed by atoms with E-state index in [-0.39, 0.29) is 39.7 Å². The normalized spacial score (nSPS) is 11.6. The molecule has 5 heteroatoms. The number of halogens is 2. The van der Waals surface area contributed by atoms with E-state index in [9.17, 15) is 4.79 Å². The summed E-state index contributed by atoms with van der Waals surface area (Å²) in [7, 11) is 0. The topological polar surface area (TPSA) is 17.1 Å². The predicted molar refractivity (Wildman–Crippen MR) is 183 cm³/mol. The molecule has 0 saturated carbocycles. The molecule has 0 fully saturated rings. The van der Waals surface area contributed by atoms with Gasteiger partial charge < -0.3 is 42.9 Å². The zero-order valence-electron chi connectivity index (χ0n) is 29.3. The zero-order chi connectivity index (χ0) is 30.7. The first-order chi connectivity index (χ1) is 20.4. The van der Waals surface area contributed by atoms with Crippen molar-refractivity contribution >= 4 is 5.78 Å². The average molecular weight is 739 g/mol. The lowest BCUT2D eigenvalue weighted by Gasteiger charge is -2.39. The first-order valence-electron chi connectivity index (χ1n) is 17.8. The van der Waals surface area contributed by atoms with Gasteiger partial charge in [-0.1, -0.05) is 129 Å². The molecule has 0 spiro atoms. The lowest BCUT2D eigenvalue weighted by Crippen LogP contribution is -3.00. The molecule has 0 aliphatic heterocycles. The second-order valence-corrected chi connectivity index (χ2v) is 13.2. The van der Waals surface area contributed by atoms with Gasteiger partial charge in [0.25, 0.3) is 0 Å². The van der Waals surface area contributed by atoms with Crippen molar-refractivity contribution in [3.63, 3.8) is 0 Å². The van der Waals surface area contributed by atoms with Crippen LogP contribution in [0, 0.1) is 0 Å². The van der Waals surface area contributed by atoms with Crippen molar-refractivity contribution in [2.45, 2.75) is 132 Å². The molecule has 0 saturated heterocycles. The molecule has 2 rings (SSSR count). The zero-order valence-corrected chi connectivity index (χ0v) is 32.5. The van der Waals surface area contributed by atoms with E-state index in [4.69, 9.17) is 0 Å². The van der Waals surface area contributed by atoms with Crippen LogP contribution < -0.4 is 34.0 Å². The van der Waals surface area contributed by atoms with E-state index in [0.717, 1.165) is 24.2 Å². The Balaban J connectivity index is 0.00000924. The average Bonchev–Trinajstić information content (AvgIpc) is 3.02. The first kappa shape index (κ1) is 43.0. The number of carbonyl (C=O) groups is 1. The minimum atomic E-state index is 0. The molecule has 0 atom stereocenters. The fraction of sp³-hybridized carbons (Fsp3) is 0.667. The summed E-state index contributed by atoms with van der Waals surface area (Å²) in [5, 5.41) is 0. The summed E-state index contributed by atoms with van der Waals surface area (Å²) in [5.74, 6) is 0.139. The smallest absolute Gasteiger partial charge is 0.193 e. The van der Waals surface area contributed by atoms with E-state index in [1.807, 2.05) is 0 Å². The number of ketones is 1. The van der Waals surface area contributed by atoms with E-state index < -0.39 is 0 Å². The molecule has 2 aromatic rings. The summed E-state index contributed by atoms with van der Waals surface area (Å²) >= 11 is 0. The van der Waals surface area contributed by atoms with Crippen LogP contribution in [0.5, 0.6) is 0 Å². The third kappa shape index (κ3) is 14.6. The number of rotatable bonds is 24. The Morgan fingerprint density at radius 2 is 0.659 bits per heavy atom. The van der Waals surface area contributed by atoms with Crippen LogP contribution in [0.1, 0.15) is 146 Å². The fourth-order valence-corrected chi connectivity index (χ4v) is 6.57. The monoisotopic (exact) mass is 736 g/mol. The van der Waals surface area contributed by atoms with Gasteiger partial charge in [-0.3, -0.25) is 4.79 Å². The Morgan fingerprint density at radius 3 is 0.864 bits per heavy atom. The van der Waals surface area contributed by atoms with Gasteiger partial charge in [0.15, 0.2) is 5.78 Å². The largest absolute Gasteiger partial charge is 1.00 e. The number of quaternary nitrogens is 2. The molecule has 0 unspecified atom stereocenters. The Bertz CT molecular complexity index is 867. The van der Waals surface area contributed by atoms with Gasteiger partial charge >= 0.3 is 0 Å². The summed E-state index contributed by atoms with van der Waals surface area (Å²) in [6.07, 6.45) is 15.2. The van der Waals surface area contributed by atoms with E-state index >= 15 is 0 Å². The third-order valence-electron chi connectivity index (χ3n) is 9.38. The Labute approximate surface area is 293 Å². The lowest BCUT2D eigenvalue weighted by atomic mass is 9.99. The number of nitrogens with zero attached hydrogens (tertiary/aromatic N) is 2. The maximum atomic E-state index is 13.5. The number of hydrogen-bond acceptors (Lipinski definition) is 1. The van der Waals surface area contributed by atoms with Crippen LogP contribution in [0.4, 0.5) is 0 Å². The first-order valence-corrected chi connectivity index (χ1v) is 17.8. The number of carbonyl (C=O) groups excluding carboxylic acids is 1. The van der Waals surface area contributed by atoms with Crippen molar-refractivity contribution in [1.29, 1.82) is 0 Å². The quantitative estimate of drug-likeness (QED) is 0.116. The molecule has 0 bridgehead atoms. The summed E-state index contributed by atoms with van der Waals surface area (Å²) in [5.41, 5.74) is 4.34. The minimum Gasteiger partial charge on any atom is -1.00 e. The van der Waals surface area contributed by atoms with Gasteiger partial charge in [0.05, 0.1) is 39.3 Å². The highest BCUT2D eigenvalue weighted by molar-refractivity contribution is 6.08. The number of hydrogen-bond donors (Lipinski definition) is 0.